The molecule has 1 unspecified atom stereocenters. The van der Waals surface area contributed by atoms with Gasteiger partial charge in [-0.1, -0.05) is 13.8 Å². The molecule has 120 valence electrons. The number of halogens is 1. The second kappa shape index (κ2) is 7.31. The lowest BCUT2D eigenvalue weighted by Gasteiger charge is -2.31. The van der Waals surface area contributed by atoms with Crippen LogP contribution in [-0.2, 0) is 16.6 Å². The molecule has 4 nitrogen and oxygen atoms in total. The fourth-order valence-corrected chi connectivity index (χ4v) is 7.60. The molecule has 1 fully saturated rings. The first-order chi connectivity index (χ1) is 9.82. The Morgan fingerprint density at radius 3 is 2.86 bits per heavy atom. The highest BCUT2D eigenvalue weighted by molar-refractivity contribution is 9.11. The highest BCUT2D eigenvalue weighted by atomic mass is 79.9. The second-order valence-electron chi connectivity index (χ2n) is 5.43. The van der Waals surface area contributed by atoms with Crippen molar-refractivity contribution in [1.29, 1.82) is 0 Å². The molecule has 1 aliphatic heterocycles. The zero-order valence-electron chi connectivity index (χ0n) is 12.4. The van der Waals surface area contributed by atoms with Crippen molar-refractivity contribution in [2.75, 3.05) is 18.1 Å². The Hall–Kier alpha value is 0.400. The Kier molecular flexibility index (Phi) is 6.18. The van der Waals surface area contributed by atoms with E-state index in [2.05, 4.69) is 35.1 Å². The molecule has 0 saturated carbocycles. The van der Waals surface area contributed by atoms with Crippen LogP contribution in [0.1, 0.15) is 25.6 Å². The summed E-state index contributed by atoms with van der Waals surface area (Å²) in [5.74, 6) is 1.73. The quantitative estimate of drug-likeness (QED) is 0.806. The summed E-state index contributed by atoms with van der Waals surface area (Å²) in [5.41, 5.74) is 0. The summed E-state index contributed by atoms with van der Waals surface area (Å²) >= 11 is 6.73. The van der Waals surface area contributed by atoms with Crippen LogP contribution in [0.25, 0.3) is 0 Å². The molecule has 1 aromatic rings. The molecule has 0 amide bonds. The topological polar surface area (TPSA) is 49.4 Å². The minimum absolute atomic E-state index is 0.0535. The van der Waals surface area contributed by atoms with Gasteiger partial charge in [0.15, 0.2) is 0 Å². The first-order valence-electron chi connectivity index (χ1n) is 6.93. The third-order valence-corrected chi connectivity index (χ3v) is 8.74. The third kappa shape index (κ3) is 4.23. The summed E-state index contributed by atoms with van der Waals surface area (Å²) in [6.07, 6.45) is 0. The van der Waals surface area contributed by atoms with Gasteiger partial charge in [-0.25, -0.2) is 8.42 Å². The van der Waals surface area contributed by atoms with E-state index >= 15 is 0 Å². The van der Waals surface area contributed by atoms with E-state index in [-0.39, 0.29) is 6.04 Å². The summed E-state index contributed by atoms with van der Waals surface area (Å²) in [5, 5.41) is 3.32. The largest absolute Gasteiger partial charge is 0.310 e. The van der Waals surface area contributed by atoms with Gasteiger partial charge in [0.1, 0.15) is 4.90 Å². The van der Waals surface area contributed by atoms with Crippen LogP contribution in [0.3, 0.4) is 0 Å². The number of hydrogen-bond acceptors (Lipinski definition) is 5. The minimum Gasteiger partial charge on any atom is -0.310 e. The van der Waals surface area contributed by atoms with Crippen LogP contribution in [0.2, 0.25) is 0 Å². The zero-order chi connectivity index (χ0) is 15.6. The van der Waals surface area contributed by atoms with Gasteiger partial charge < -0.3 is 5.32 Å². The smallest absolute Gasteiger partial charge is 0.245 e. The number of rotatable bonds is 5. The van der Waals surface area contributed by atoms with Crippen LogP contribution in [0.5, 0.6) is 0 Å². The normalized spacial score (nSPS) is 21.1. The lowest BCUT2D eigenvalue weighted by molar-refractivity contribution is 0.367. The molecular weight excluding hydrogens is 392 g/mol. The number of nitrogens with one attached hydrogen (secondary N) is 1. The molecule has 0 aliphatic carbocycles. The molecule has 1 aliphatic rings. The number of thiophene rings is 1. The number of hydrogen-bond donors (Lipinski definition) is 1. The molecule has 1 saturated heterocycles. The Labute approximate surface area is 143 Å². The fraction of sp³-hybridized carbons (Fsp3) is 0.692. The molecule has 0 spiro atoms. The molecule has 1 atom stereocenters. The van der Waals surface area contributed by atoms with Crippen LogP contribution in [0, 0.1) is 0 Å². The maximum absolute atomic E-state index is 12.8. The Bertz CT molecular complexity index is 586. The van der Waals surface area contributed by atoms with Crippen molar-refractivity contribution in [1.82, 2.24) is 9.62 Å². The summed E-state index contributed by atoms with van der Waals surface area (Å²) in [7, 11) is -3.40. The standard InChI is InChI=1S/C13H21BrN2O2S3/c1-9(2)15-7-11-6-12(13(14)20-11)21(17,18)16-4-5-19-8-10(16)3/h6,9-10,15H,4-5,7-8H2,1-3H3. The lowest BCUT2D eigenvalue weighted by Crippen LogP contribution is -2.44. The monoisotopic (exact) mass is 412 g/mol. The molecule has 0 bridgehead atoms. The molecule has 2 heterocycles. The van der Waals surface area contributed by atoms with E-state index in [1.54, 1.807) is 10.4 Å². The van der Waals surface area contributed by atoms with Crippen molar-refractivity contribution < 1.29 is 8.42 Å². The van der Waals surface area contributed by atoms with Crippen molar-refractivity contribution in [3.63, 3.8) is 0 Å². The molecule has 1 N–H and O–H groups in total. The number of sulfonamides is 1. The van der Waals surface area contributed by atoms with Crippen molar-refractivity contribution in [2.45, 2.75) is 44.3 Å². The summed E-state index contributed by atoms with van der Waals surface area (Å²) in [6.45, 7) is 7.42. The summed E-state index contributed by atoms with van der Waals surface area (Å²) in [4.78, 5) is 1.44. The van der Waals surface area contributed by atoms with Gasteiger partial charge in [0.25, 0.3) is 0 Å². The maximum atomic E-state index is 12.8. The fourth-order valence-electron chi connectivity index (χ4n) is 2.16. The van der Waals surface area contributed by atoms with Gasteiger partial charge in [-0.15, -0.1) is 11.3 Å². The lowest BCUT2D eigenvalue weighted by atomic mass is 10.4. The van der Waals surface area contributed by atoms with Crippen LogP contribution < -0.4 is 5.32 Å². The van der Waals surface area contributed by atoms with Crippen LogP contribution in [0.15, 0.2) is 14.7 Å². The van der Waals surface area contributed by atoms with E-state index in [1.165, 1.54) is 11.3 Å². The molecular formula is C13H21BrN2O2S3. The Balaban J connectivity index is 2.23. The van der Waals surface area contributed by atoms with Crippen LogP contribution in [0.4, 0.5) is 0 Å². The van der Waals surface area contributed by atoms with Gasteiger partial charge in [-0.2, -0.15) is 16.1 Å². The average Bonchev–Trinajstić information content (AvgIpc) is 2.79. The maximum Gasteiger partial charge on any atom is 0.245 e. The predicted octanol–water partition coefficient (Wildman–Crippen LogP) is 3.13. The molecule has 0 aromatic carbocycles. The van der Waals surface area contributed by atoms with Crippen molar-refractivity contribution in [2.24, 2.45) is 0 Å². The highest BCUT2D eigenvalue weighted by Crippen LogP contribution is 2.35. The zero-order valence-corrected chi connectivity index (χ0v) is 16.5. The summed E-state index contributed by atoms with van der Waals surface area (Å²) < 4.78 is 28.0. The average molecular weight is 413 g/mol. The van der Waals surface area contributed by atoms with Crippen LogP contribution >= 0.6 is 39.0 Å². The first kappa shape index (κ1) is 17.7. The summed E-state index contributed by atoms with van der Waals surface area (Å²) in [6, 6.07) is 2.23. The Morgan fingerprint density at radius 2 is 2.24 bits per heavy atom. The van der Waals surface area contributed by atoms with Gasteiger partial charge in [0.2, 0.25) is 10.0 Å². The van der Waals surface area contributed by atoms with E-state index in [4.69, 9.17) is 0 Å². The van der Waals surface area contributed by atoms with E-state index in [0.29, 0.717) is 27.8 Å². The van der Waals surface area contributed by atoms with Gasteiger partial charge in [0, 0.05) is 41.6 Å². The van der Waals surface area contributed by atoms with E-state index in [0.717, 1.165) is 16.4 Å². The third-order valence-electron chi connectivity index (χ3n) is 3.28. The number of nitrogens with zero attached hydrogens (tertiary/aromatic N) is 1. The van der Waals surface area contributed by atoms with Gasteiger partial charge in [0.05, 0.1) is 3.79 Å². The van der Waals surface area contributed by atoms with Crippen molar-refractivity contribution >= 4 is 49.1 Å². The van der Waals surface area contributed by atoms with Crippen LogP contribution in [-0.4, -0.2) is 42.9 Å². The van der Waals surface area contributed by atoms with E-state index < -0.39 is 10.0 Å². The van der Waals surface area contributed by atoms with Gasteiger partial charge in [-0.3, -0.25) is 0 Å². The molecule has 21 heavy (non-hydrogen) atoms. The molecule has 8 heteroatoms. The van der Waals surface area contributed by atoms with Gasteiger partial charge in [-0.05, 0) is 28.9 Å². The molecule has 0 radical (unpaired) electrons. The highest BCUT2D eigenvalue weighted by Gasteiger charge is 2.33. The van der Waals surface area contributed by atoms with Crippen molar-refractivity contribution in [3.8, 4) is 0 Å². The predicted molar refractivity (Wildman–Crippen MR) is 94.7 cm³/mol. The SMILES string of the molecule is CC(C)NCc1cc(S(=O)(=O)N2CCSCC2C)c(Br)s1. The van der Waals surface area contributed by atoms with Gasteiger partial charge >= 0.3 is 0 Å². The van der Waals surface area contributed by atoms with E-state index in [1.807, 2.05) is 18.7 Å². The molecule has 1 aromatic heterocycles. The molecule has 2 rings (SSSR count). The first-order valence-corrected chi connectivity index (χ1v) is 11.1. The van der Waals surface area contributed by atoms with Crippen molar-refractivity contribution in [3.05, 3.63) is 14.7 Å². The second-order valence-corrected chi connectivity index (χ2v) is 10.9. The minimum atomic E-state index is -3.40. The Morgan fingerprint density at radius 1 is 1.52 bits per heavy atom. The van der Waals surface area contributed by atoms with E-state index in [9.17, 15) is 8.42 Å². The number of thioether (sulfide) groups is 1.